The molecule has 0 amide bonds. The maximum absolute atomic E-state index is 6.03. The van der Waals surface area contributed by atoms with Crippen LogP contribution in [0.5, 0.6) is 5.75 Å². The number of likely N-dealkylation sites (tertiary alicyclic amines) is 1. The van der Waals surface area contributed by atoms with Crippen molar-refractivity contribution in [1.29, 1.82) is 0 Å². The fraction of sp³-hybridized carbons (Fsp3) is 0.571. The SMILES string of the molecule is Brc1cccc(OC2CCN(C3CC3)CC2)c1. The van der Waals surface area contributed by atoms with Gasteiger partial charge in [-0.3, -0.25) is 0 Å². The van der Waals surface area contributed by atoms with Crippen LogP contribution in [0.4, 0.5) is 0 Å². The third kappa shape index (κ3) is 3.02. The summed E-state index contributed by atoms with van der Waals surface area (Å²) in [5.41, 5.74) is 0. The Morgan fingerprint density at radius 3 is 2.53 bits per heavy atom. The summed E-state index contributed by atoms with van der Waals surface area (Å²) in [5, 5.41) is 0. The Labute approximate surface area is 111 Å². The maximum atomic E-state index is 6.03. The van der Waals surface area contributed by atoms with Gasteiger partial charge >= 0.3 is 0 Å². The highest BCUT2D eigenvalue weighted by Crippen LogP contribution is 2.30. The molecule has 0 atom stereocenters. The average molecular weight is 296 g/mol. The van der Waals surface area contributed by atoms with Gasteiger partial charge in [-0.25, -0.2) is 0 Å². The van der Waals surface area contributed by atoms with Crippen molar-refractivity contribution in [3.63, 3.8) is 0 Å². The van der Waals surface area contributed by atoms with Gasteiger partial charge in [0.15, 0.2) is 0 Å². The van der Waals surface area contributed by atoms with Crippen molar-refractivity contribution in [2.45, 2.75) is 37.8 Å². The van der Waals surface area contributed by atoms with E-state index >= 15 is 0 Å². The number of halogens is 1. The Bertz CT molecular complexity index is 384. The number of hydrogen-bond donors (Lipinski definition) is 0. The molecule has 92 valence electrons. The van der Waals surface area contributed by atoms with Gasteiger partial charge in [-0.05, 0) is 43.9 Å². The van der Waals surface area contributed by atoms with Crippen LogP contribution in [-0.2, 0) is 0 Å². The minimum Gasteiger partial charge on any atom is -0.490 e. The summed E-state index contributed by atoms with van der Waals surface area (Å²) < 4.78 is 7.12. The van der Waals surface area contributed by atoms with Crippen LogP contribution in [0.15, 0.2) is 28.7 Å². The molecule has 3 heteroatoms. The van der Waals surface area contributed by atoms with Crippen LogP contribution in [0.3, 0.4) is 0 Å². The third-order valence-corrected chi connectivity index (χ3v) is 4.13. The predicted octanol–water partition coefficient (Wildman–Crippen LogP) is 3.45. The molecule has 1 heterocycles. The van der Waals surface area contributed by atoms with Crippen molar-refractivity contribution in [1.82, 2.24) is 4.90 Å². The topological polar surface area (TPSA) is 12.5 Å². The molecule has 1 aliphatic heterocycles. The molecule has 0 unspecified atom stereocenters. The van der Waals surface area contributed by atoms with Crippen molar-refractivity contribution in [3.8, 4) is 5.75 Å². The van der Waals surface area contributed by atoms with Crippen molar-refractivity contribution in [2.24, 2.45) is 0 Å². The van der Waals surface area contributed by atoms with Crippen molar-refractivity contribution in [3.05, 3.63) is 28.7 Å². The zero-order valence-electron chi connectivity index (χ0n) is 9.94. The zero-order valence-corrected chi connectivity index (χ0v) is 11.5. The van der Waals surface area contributed by atoms with E-state index in [-0.39, 0.29) is 0 Å². The van der Waals surface area contributed by atoms with Crippen LogP contribution in [-0.4, -0.2) is 30.1 Å². The zero-order chi connectivity index (χ0) is 11.7. The van der Waals surface area contributed by atoms with Crippen molar-refractivity contribution >= 4 is 15.9 Å². The molecule has 0 aromatic heterocycles. The summed E-state index contributed by atoms with van der Waals surface area (Å²) >= 11 is 3.48. The van der Waals surface area contributed by atoms with Crippen molar-refractivity contribution < 1.29 is 4.74 Å². The van der Waals surface area contributed by atoms with Crippen LogP contribution in [0.1, 0.15) is 25.7 Å². The van der Waals surface area contributed by atoms with Gasteiger partial charge in [-0.15, -0.1) is 0 Å². The lowest BCUT2D eigenvalue weighted by Gasteiger charge is -2.32. The quantitative estimate of drug-likeness (QED) is 0.847. The van der Waals surface area contributed by atoms with Crippen molar-refractivity contribution in [2.75, 3.05) is 13.1 Å². The minimum atomic E-state index is 0.402. The molecule has 0 radical (unpaired) electrons. The van der Waals surface area contributed by atoms with Gasteiger partial charge < -0.3 is 9.64 Å². The van der Waals surface area contributed by atoms with Gasteiger partial charge in [0.1, 0.15) is 11.9 Å². The molecule has 1 aromatic rings. The third-order valence-electron chi connectivity index (χ3n) is 3.64. The van der Waals surface area contributed by atoms with E-state index in [0.717, 1.165) is 16.3 Å². The molecule has 2 fully saturated rings. The Kier molecular flexibility index (Phi) is 3.39. The molecule has 0 spiro atoms. The summed E-state index contributed by atoms with van der Waals surface area (Å²) in [6, 6.07) is 9.05. The number of piperidine rings is 1. The highest BCUT2D eigenvalue weighted by atomic mass is 79.9. The number of nitrogens with zero attached hydrogens (tertiary/aromatic N) is 1. The standard InChI is InChI=1S/C14H18BrNO/c15-11-2-1-3-14(10-11)17-13-6-8-16(9-7-13)12-4-5-12/h1-3,10,12-13H,4-9H2. The highest BCUT2D eigenvalue weighted by molar-refractivity contribution is 9.10. The maximum Gasteiger partial charge on any atom is 0.120 e. The van der Waals surface area contributed by atoms with E-state index < -0.39 is 0 Å². The second-order valence-electron chi connectivity index (χ2n) is 5.04. The summed E-state index contributed by atoms with van der Waals surface area (Å²) in [5.74, 6) is 0.990. The van der Waals surface area contributed by atoms with E-state index in [2.05, 4.69) is 20.8 Å². The number of ether oxygens (including phenoxy) is 1. The Balaban J connectivity index is 1.53. The van der Waals surface area contributed by atoms with E-state index in [1.807, 2.05) is 24.3 Å². The smallest absolute Gasteiger partial charge is 0.120 e. The Morgan fingerprint density at radius 1 is 1.12 bits per heavy atom. The van der Waals surface area contributed by atoms with Crippen LogP contribution >= 0.6 is 15.9 Å². The van der Waals surface area contributed by atoms with Crippen LogP contribution in [0, 0.1) is 0 Å². The predicted molar refractivity (Wildman–Crippen MR) is 72.4 cm³/mol. The number of hydrogen-bond acceptors (Lipinski definition) is 2. The number of benzene rings is 1. The van der Waals surface area contributed by atoms with Gasteiger partial charge in [0, 0.05) is 23.6 Å². The minimum absolute atomic E-state index is 0.402. The molecular weight excluding hydrogens is 278 g/mol. The summed E-state index contributed by atoms with van der Waals surface area (Å²) in [4.78, 5) is 2.63. The molecule has 0 N–H and O–H groups in total. The highest BCUT2D eigenvalue weighted by Gasteiger charge is 2.32. The summed E-state index contributed by atoms with van der Waals surface area (Å²) in [6.07, 6.45) is 5.57. The van der Waals surface area contributed by atoms with E-state index in [0.29, 0.717) is 6.10 Å². The van der Waals surface area contributed by atoms with E-state index in [9.17, 15) is 0 Å². The van der Waals surface area contributed by atoms with Gasteiger partial charge in [0.2, 0.25) is 0 Å². The lowest BCUT2D eigenvalue weighted by Crippen LogP contribution is -2.39. The fourth-order valence-electron chi connectivity index (χ4n) is 2.53. The summed E-state index contributed by atoms with van der Waals surface area (Å²) in [7, 11) is 0. The first kappa shape index (κ1) is 11.5. The van der Waals surface area contributed by atoms with Gasteiger partial charge in [0.05, 0.1) is 0 Å². The molecule has 17 heavy (non-hydrogen) atoms. The van der Waals surface area contributed by atoms with Gasteiger partial charge in [-0.2, -0.15) is 0 Å². The second kappa shape index (κ2) is 4.99. The average Bonchev–Trinajstić information content (AvgIpc) is 3.14. The second-order valence-corrected chi connectivity index (χ2v) is 5.96. The van der Waals surface area contributed by atoms with Crippen LogP contribution in [0.2, 0.25) is 0 Å². The molecule has 1 aromatic carbocycles. The molecule has 1 saturated heterocycles. The molecule has 0 bridgehead atoms. The first-order valence-electron chi connectivity index (χ1n) is 6.47. The monoisotopic (exact) mass is 295 g/mol. The molecule has 1 saturated carbocycles. The van der Waals surface area contributed by atoms with E-state index in [1.165, 1.54) is 38.8 Å². The molecule has 2 nitrogen and oxygen atoms in total. The first-order valence-corrected chi connectivity index (χ1v) is 7.27. The van der Waals surface area contributed by atoms with Crippen LogP contribution < -0.4 is 4.74 Å². The Hall–Kier alpha value is -0.540. The molecular formula is C14H18BrNO. The molecule has 3 rings (SSSR count). The lowest BCUT2D eigenvalue weighted by atomic mass is 10.1. The molecule has 2 aliphatic rings. The molecule has 1 aliphatic carbocycles. The van der Waals surface area contributed by atoms with Gasteiger partial charge in [0.25, 0.3) is 0 Å². The van der Waals surface area contributed by atoms with E-state index in [1.54, 1.807) is 0 Å². The fourth-order valence-corrected chi connectivity index (χ4v) is 2.91. The van der Waals surface area contributed by atoms with Gasteiger partial charge in [-0.1, -0.05) is 22.0 Å². The number of rotatable bonds is 3. The summed E-state index contributed by atoms with van der Waals surface area (Å²) in [6.45, 7) is 2.42. The first-order chi connectivity index (χ1) is 8.31. The Morgan fingerprint density at radius 2 is 1.88 bits per heavy atom. The normalized spacial score (nSPS) is 22.6. The van der Waals surface area contributed by atoms with E-state index in [4.69, 9.17) is 4.74 Å². The van der Waals surface area contributed by atoms with Crippen LogP contribution in [0.25, 0.3) is 0 Å². The largest absolute Gasteiger partial charge is 0.490 e. The lowest BCUT2D eigenvalue weighted by molar-refractivity contribution is 0.0965.